The molecule has 0 aliphatic rings. The van der Waals surface area contributed by atoms with E-state index < -0.39 is 0 Å². The van der Waals surface area contributed by atoms with Crippen molar-refractivity contribution >= 4 is 17.1 Å². The fourth-order valence-corrected chi connectivity index (χ4v) is 2.77. The molecule has 30 heavy (non-hydrogen) atoms. The minimum absolute atomic E-state index is 0.520. The van der Waals surface area contributed by atoms with Crippen molar-refractivity contribution < 1.29 is 14.2 Å². The zero-order valence-corrected chi connectivity index (χ0v) is 16.1. The third-order valence-corrected chi connectivity index (χ3v) is 4.23. The molecule has 4 rings (SSSR count). The first-order valence-electron chi connectivity index (χ1n) is 9.29. The van der Waals surface area contributed by atoms with E-state index in [1.807, 2.05) is 12.1 Å². The molecule has 0 amide bonds. The van der Waals surface area contributed by atoms with Gasteiger partial charge in [0.25, 0.3) is 0 Å². The van der Waals surface area contributed by atoms with Gasteiger partial charge in [0.05, 0.1) is 5.69 Å². The largest absolute Gasteiger partial charge is 0.457 e. The van der Waals surface area contributed by atoms with E-state index in [-0.39, 0.29) is 0 Å². The van der Waals surface area contributed by atoms with Crippen molar-refractivity contribution in [3.8, 4) is 34.5 Å². The van der Waals surface area contributed by atoms with Crippen LogP contribution in [0.2, 0.25) is 0 Å². The van der Waals surface area contributed by atoms with Crippen LogP contribution in [-0.2, 0) is 0 Å². The lowest BCUT2D eigenvalue weighted by Crippen LogP contribution is -1.94. The molecule has 0 saturated carbocycles. The monoisotopic (exact) mass is 399 g/mol. The molecule has 6 N–H and O–H groups in total. The van der Waals surface area contributed by atoms with E-state index in [4.69, 9.17) is 31.4 Å². The van der Waals surface area contributed by atoms with Crippen LogP contribution in [0.15, 0.2) is 91.0 Å². The molecule has 0 atom stereocenters. The smallest absolute Gasteiger partial charge is 0.150 e. The van der Waals surface area contributed by atoms with Gasteiger partial charge in [-0.15, -0.1) is 0 Å². The van der Waals surface area contributed by atoms with Crippen molar-refractivity contribution in [2.45, 2.75) is 0 Å². The van der Waals surface area contributed by atoms with Gasteiger partial charge in [-0.1, -0.05) is 12.1 Å². The number of nitrogen functional groups attached to an aromatic ring is 3. The van der Waals surface area contributed by atoms with Crippen LogP contribution < -0.4 is 31.4 Å². The summed E-state index contributed by atoms with van der Waals surface area (Å²) < 4.78 is 17.9. The Morgan fingerprint density at radius 3 is 1.33 bits per heavy atom. The Labute approximate surface area is 174 Å². The second kappa shape index (κ2) is 8.36. The predicted octanol–water partition coefficient (Wildman–Crippen LogP) is 5.81. The van der Waals surface area contributed by atoms with Gasteiger partial charge in [-0.2, -0.15) is 0 Å². The molecule has 0 saturated heterocycles. The predicted molar refractivity (Wildman–Crippen MR) is 119 cm³/mol. The molecule has 0 unspecified atom stereocenters. The topological polar surface area (TPSA) is 106 Å². The highest BCUT2D eigenvalue weighted by Crippen LogP contribution is 2.36. The summed E-state index contributed by atoms with van der Waals surface area (Å²) in [6.07, 6.45) is 0. The molecule has 0 spiro atoms. The van der Waals surface area contributed by atoms with Gasteiger partial charge in [0, 0.05) is 29.6 Å². The maximum absolute atomic E-state index is 6.01. The summed E-state index contributed by atoms with van der Waals surface area (Å²) in [6, 6.07) is 26.8. The molecule has 0 heterocycles. The summed E-state index contributed by atoms with van der Waals surface area (Å²) in [6.45, 7) is 0. The number of hydrogen-bond acceptors (Lipinski definition) is 6. The van der Waals surface area contributed by atoms with Crippen LogP contribution in [0.4, 0.5) is 17.1 Å². The van der Waals surface area contributed by atoms with Crippen LogP contribution in [-0.4, -0.2) is 0 Å². The van der Waals surface area contributed by atoms with Crippen molar-refractivity contribution in [1.82, 2.24) is 0 Å². The Morgan fingerprint density at radius 2 is 0.867 bits per heavy atom. The normalized spacial score (nSPS) is 10.4. The van der Waals surface area contributed by atoms with Gasteiger partial charge >= 0.3 is 0 Å². The SMILES string of the molecule is Nc1ccc(Oc2cc(Oc3ccc(N)cc3)cc(Oc3ccccc3N)c2)cc1. The van der Waals surface area contributed by atoms with Gasteiger partial charge < -0.3 is 31.4 Å². The van der Waals surface area contributed by atoms with Crippen LogP contribution in [0.1, 0.15) is 0 Å². The molecule has 0 bridgehead atoms. The molecular formula is C24H21N3O3. The molecule has 6 nitrogen and oxygen atoms in total. The van der Waals surface area contributed by atoms with E-state index in [9.17, 15) is 0 Å². The van der Waals surface area contributed by atoms with E-state index in [0.717, 1.165) is 0 Å². The fraction of sp³-hybridized carbons (Fsp3) is 0. The van der Waals surface area contributed by atoms with Crippen molar-refractivity contribution in [2.75, 3.05) is 17.2 Å². The second-order valence-electron chi connectivity index (χ2n) is 6.62. The zero-order valence-electron chi connectivity index (χ0n) is 16.1. The second-order valence-corrected chi connectivity index (χ2v) is 6.62. The van der Waals surface area contributed by atoms with Crippen molar-refractivity contribution in [1.29, 1.82) is 0 Å². The van der Waals surface area contributed by atoms with Gasteiger partial charge in [0.2, 0.25) is 0 Å². The Morgan fingerprint density at radius 1 is 0.433 bits per heavy atom. The Bertz CT molecular complexity index is 1080. The summed E-state index contributed by atoms with van der Waals surface area (Å²) in [5.41, 5.74) is 19.4. The highest BCUT2D eigenvalue weighted by Gasteiger charge is 2.09. The van der Waals surface area contributed by atoms with Gasteiger partial charge in [-0.25, -0.2) is 0 Å². The number of rotatable bonds is 6. The maximum Gasteiger partial charge on any atom is 0.150 e. The zero-order chi connectivity index (χ0) is 20.9. The molecule has 150 valence electrons. The van der Waals surface area contributed by atoms with Crippen LogP contribution in [0.5, 0.6) is 34.5 Å². The minimum atomic E-state index is 0.520. The molecule has 4 aromatic carbocycles. The Hall–Kier alpha value is -4.32. The molecule has 6 heteroatoms. The van der Waals surface area contributed by atoms with E-state index in [1.54, 1.807) is 78.9 Å². The third-order valence-electron chi connectivity index (χ3n) is 4.23. The number of para-hydroxylation sites is 2. The lowest BCUT2D eigenvalue weighted by atomic mass is 10.2. The summed E-state index contributed by atoms with van der Waals surface area (Å²) in [4.78, 5) is 0. The first-order chi connectivity index (χ1) is 14.5. The summed E-state index contributed by atoms with van der Waals surface area (Å²) in [5, 5.41) is 0. The van der Waals surface area contributed by atoms with E-state index in [1.165, 1.54) is 0 Å². The number of hydrogen-bond donors (Lipinski definition) is 3. The molecule has 0 aromatic heterocycles. The van der Waals surface area contributed by atoms with Crippen LogP contribution in [0.3, 0.4) is 0 Å². The maximum atomic E-state index is 6.01. The van der Waals surface area contributed by atoms with Crippen LogP contribution in [0.25, 0.3) is 0 Å². The molecule has 0 fully saturated rings. The standard InChI is InChI=1S/C24H21N3O3/c25-16-5-9-18(10-6-16)28-20-13-21(29-19-11-7-17(26)8-12-19)15-22(14-20)30-24-4-2-1-3-23(24)27/h1-15H,25-27H2. The van der Waals surface area contributed by atoms with Gasteiger partial charge in [0.15, 0.2) is 0 Å². The molecule has 0 radical (unpaired) electrons. The quantitative estimate of drug-likeness (QED) is 0.353. The van der Waals surface area contributed by atoms with Gasteiger partial charge in [-0.3, -0.25) is 0 Å². The molecule has 0 aliphatic heterocycles. The van der Waals surface area contributed by atoms with Crippen molar-refractivity contribution in [3.05, 3.63) is 91.0 Å². The Kier molecular flexibility index (Phi) is 5.30. The molecular weight excluding hydrogens is 378 g/mol. The van der Waals surface area contributed by atoms with Crippen molar-refractivity contribution in [2.24, 2.45) is 0 Å². The summed E-state index contributed by atoms with van der Waals surface area (Å²) in [7, 11) is 0. The first-order valence-corrected chi connectivity index (χ1v) is 9.29. The number of nitrogens with two attached hydrogens (primary N) is 3. The van der Waals surface area contributed by atoms with Crippen molar-refractivity contribution in [3.63, 3.8) is 0 Å². The number of anilines is 3. The van der Waals surface area contributed by atoms with Gasteiger partial charge in [-0.05, 0) is 60.7 Å². The third kappa shape index (κ3) is 4.74. The highest BCUT2D eigenvalue weighted by atomic mass is 16.5. The van der Waals surface area contributed by atoms with E-state index in [2.05, 4.69) is 0 Å². The summed E-state index contributed by atoms with van der Waals surface area (Å²) >= 11 is 0. The average molecular weight is 399 g/mol. The Balaban J connectivity index is 1.66. The highest BCUT2D eigenvalue weighted by molar-refractivity contribution is 5.55. The first kappa shape index (κ1) is 19.0. The lowest BCUT2D eigenvalue weighted by molar-refractivity contribution is 0.440. The fourth-order valence-electron chi connectivity index (χ4n) is 2.77. The van der Waals surface area contributed by atoms with Crippen LogP contribution >= 0.6 is 0 Å². The molecule has 0 aliphatic carbocycles. The number of benzene rings is 4. The van der Waals surface area contributed by atoms with E-state index in [0.29, 0.717) is 51.6 Å². The van der Waals surface area contributed by atoms with Crippen LogP contribution in [0, 0.1) is 0 Å². The summed E-state index contributed by atoms with van der Waals surface area (Å²) in [5.74, 6) is 3.42. The lowest BCUT2D eigenvalue weighted by Gasteiger charge is -2.14. The van der Waals surface area contributed by atoms with E-state index >= 15 is 0 Å². The van der Waals surface area contributed by atoms with Gasteiger partial charge in [0.1, 0.15) is 34.5 Å². The molecule has 4 aromatic rings. The average Bonchev–Trinajstić information content (AvgIpc) is 2.73. The number of ether oxygens (including phenoxy) is 3. The minimum Gasteiger partial charge on any atom is -0.457 e.